The molecule has 10 heteroatoms. The van der Waals surface area contributed by atoms with Crippen molar-refractivity contribution in [3.05, 3.63) is 58.3 Å². The van der Waals surface area contributed by atoms with Crippen LogP contribution in [0.25, 0.3) is 0 Å². The summed E-state index contributed by atoms with van der Waals surface area (Å²) in [6.45, 7) is 4.15. The third-order valence-corrected chi connectivity index (χ3v) is 6.57. The van der Waals surface area contributed by atoms with E-state index < -0.39 is 25.9 Å². The second kappa shape index (κ2) is 14.7. The van der Waals surface area contributed by atoms with Crippen LogP contribution in [-0.4, -0.2) is 24.9 Å². The normalized spacial score (nSPS) is 11.3. The molecular weight excluding hydrogens is 492 g/mol. The Morgan fingerprint density at radius 2 is 1.53 bits per heavy atom. The highest BCUT2D eigenvalue weighted by Crippen LogP contribution is 2.28. The summed E-state index contributed by atoms with van der Waals surface area (Å²) >= 11 is 11.8. The molecule has 0 aliphatic rings. The zero-order valence-electron chi connectivity index (χ0n) is 16.5. The van der Waals surface area contributed by atoms with Gasteiger partial charge in [0.25, 0.3) is 0 Å². The molecule has 166 valence electrons. The Kier molecular flexibility index (Phi) is 14.0. The van der Waals surface area contributed by atoms with Gasteiger partial charge in [-0.3, -0.25) is 4.31 Å². The van der Waals surface area contributed by atoms with E-state index in [1.54, 1.807) is 24.3 Å². The molecule has 0 aromatic heterocycles. The monoisotopic (exact) mass is 513 g/mol. The number of anilines is 1. The minimum absolute atomic E-state index is 0.0690. The third-order valence-electron chi connectivity index (χ3n) is 3.39. The van der Waals surface area contributed by atoms with Crippen molar-refractivity contribution in [2.75, 3.05) is 16.6 Å². The number of rotatable bonds is 8. The molecule has 0 N–H and O–H groups in total. The predicted octanol–water partition coefficient (Wildman–Crippen LogP) is 6.29. The molecule has 0 spiro atoms. The Morgan fingerprint density at radius 3 is 2.07 bits per heavy atom. The minimum atomic E-state index is -3.61. The van der Waals surface area contributed by atoms with Crippen LogP contribution >= 0.6 is 33.9 Å². The standard InChI is InChI=1S/C16H15Cl3FNO3S2.C2H6.C2H2/c17-12-3-6-14(7-4-12)25(22)21(9-1-2-10-26(19,23)24)16-11-13(18)5-8-15(16)20;2*1-2/h3-8,11H,1-2,9-10H2;1-2H3;1-2H. The molecule has 0 heterocycles. The van der Waals surface area contributed by atoms with Gasteiger partial charge in [-0.2, -0.15) is 0 Å². The maximum Gasteiger partial charge on any atom is 0.232 e. The van der Waals surface area contributed by atoms with E-state index in [9.17, 15) is 17.0 Å². The van der Waals surface area contributed by atoms with Crippen molar-refractivity contribution in [2.45, 2.75) is 31.6 Å². The number of hydrogen-bond acceptors (Lipinski definition) is 3. The highest BCUT2D eigenvalue weighted by Gasteiger charge is 2.20. The molecule has 0 bridgehead atoms. The first-order valence-electron chi connectivity index (χ1n) is 8.83. The first kappa shape index (κ1) is 28.7. The van der Waals surface area contributed by atoms with Gasteiger partial charge in [-0.15, -0.1) is 12.8 Å². The summed E-state index contributed by atoms with van der Waals surface area (Å²) in [4.78, 5) is 0.429. The lowest BCUT2D eigenvalue weighted by atomic mass is 10.3. The summed E-state index contributed by atoms with van der Waals surface area (Å²) in [7, 11) is -0.147. The smallest absolute Gasteiger partial charge is 0.232 e. The van der Waals surface area contributed by atoms with Gasteiger partial charge in [0.2, 0.25) is 9.05 Å². The molecule has 2 aromatic rings. The summed E-state index contributed by atoms with van der Waals surface area (Å²) in [6, 6.07) is 10.3. The van der Waals surface area contributed by atoms with E-state index >= 15 is 0 Å². The van der Waals surface area contributed by atoms with Crippen molar-refractivity contribution in [3.63, 3.8) is 0 Å². The molecule has 0 radical (unpaired) electrons. The van der Waals surface area contributed by atoms with Crippen molar-refractivity contribution in [2.24, 2.45) is 0 Å². The summed E-state index contributed by atoms with van der Waals surface area (Å²) in [5, 5.41) is 0.779. The second-order valence-corrected chi connectivity index (χ2v) is 10.5. The molecule has 1 unspecified atom stereocenters. The zero-order chi connectivity index (χ0) is 23.3. The average molecular weight is 515 g/mol. The fraction of sp³-hybridized carbons (Fsp3) is 0.300. The summed E-state index contributed by atoms with van der Waals surface area (Å²) in [6.07, 6.45) is 8.60. The van der Waals surface area contributed by atoms with Crippen molar-refractivity contribution in [3.8, 4) is 12.8 Å². The molecule has 30 heavy (non-hydrogen) atoms. The molecule has 0 aliphatic carbocycles. The molecule has 0 fully saturated rings. The van der Waals surface area contributed by atoms with E-state index in [1.807, 2.05) is 13.8 Å². The van der Waals surface area contributed by atoms with Gasteiger partial charge in [0, 0.05) is 27.3 Å². The second-order valence-electron chi connectivity index (χ2n) is 5.35. The van der Waals surface area contributed by atoms with Crippen molar-refractivity contribution in [1.82, 2.24) is 0 Å². The van der Waals surface area contributed by atoms with Crippen LogP contribution in [0.15, 0.2) is 47.4 Å². The minimum Gasteiger partial charge on any atom is -0.285 e. The SMILES string of the molecule is C#C.CC.O=S(c1ccc(Cl)cc1)N(CCCCS(=O)(=O)Cl)c1cc(Cl)ccc1F. The fourth-order valence-corrected chi connectivity index (χ4v) is 4.58. The number of halogens is 4. The van der Waals surface area contributed by atoms with Crippen LogP contribution in [0.2, 0.25) is 10.0 Å². The molecule has 2 aromatic carbocycles. The van der Waals surface area contributed by atoms with E-state index in [-0.39, 0.29) is 24.4 Å². The topological polar surface area (TPSA) is 54.5 Å². The molecule has 2 rings (SSSR count). The Labute approximate surface area is 195 Å². The number of unbranched alkanes of at least 4 members (excludes halogenated alkanes) is 1. The Bertz CT molecular complexity index is 936. The average Bonchev–Trinajstić information content (AvgIpc) is 2.72. The number of nitrogens with zero attached hydrogens (tertiary/aromatic N) is 1. The Balaban J connectivity index is 0.00000198. The summed E-state index contributed by atoms with van der Waals surface area (Å²) in [5.74, 6) is -0.796. The lowest BCUT2D eigenvalue weighted by Crippen LogP contribution is -2.28. The number of terminal acetylenes is 1. The Morgan fingerprint density at radius 1 is 1.00 bits per heavy atom. The first-order chi connectivity index (χ1) is 14.2. The van der Waals surface area contributed by atoms with E-state index in [0.29, 0.717) is 21.4 Å². The van der Waals surface area contributed by atoms with Crippen molar-refractivity contribution in [1.29, 1.82) is 0 Å². The summed E-state index contributed by atoms with van der Waals surface area (Å²) < 4.78 is 50.6. The molecule has 4 nitrogen and oxygen atoms in total. The number of hydrogen-bond donors (Lipinski definition) is 0. The van der Waals surface area contributed by atoms with Gasteiger partial charge < -0.3 is 0 Å². The van der Waals surface area contributed by atoms with E-state index in [4.69, 9.17) is 33.9 Å². The third kappa shape index (κ3) is 10.1. The van der Waals surface area contributed by atoms with Crippen LogP contribution in [-0.2, 0) is 20.0 Å². The van der Waals surface area contributed by atoms with E-state index in [1.165, 1.54) is 22.5 Å². The van der Waals surface area contributed by atoms with Gasteiger partial charge >= 0.3 is 0 Å². The van der Waals surface area contributed by atoms with Crippen LogP contribution < -0.4 is 4.31 Å². The maximum atomic E-state index is 14.3. The van der Waals surface area contributed by atoms with Gasteiger partial charge in [-0.25, -0.2) is 17.0 Å². The van der Waals surface area contributed by atoms with Gasteiger partial charge in [0.1, 0.15) is 5.82 Å². The fourth-order valence-electron chi connectivity index (χ4n) is 2.18. The van der Waals surface area contributed by atoms with E-state index in [0.717, 1.165) is 0 Å². The summed E-state index contributed by atoms with van der Waals surface area (Å²) in [5.41, 5.74) is 0.0690. The molecule has 0 saturated carbocycles. The van der Waals surface area contributed by atoms with Crippen LogP contribution in [0.4, 0.5) is 10.1 Å². The largest absolute Gasteiger partial charge is 0.285 e. The highest BCUT2D eigenvalue weighted by atomic mass is 35.7. The predicted molar refractivity (Wildman–Crippen MR) is 127 cm³/mol. The van der Waals surface area contributed by atoms with Gasteiger partial charge in [-0.1, -0.05) is 37.0 Å². The maximum absolute atomic E-state index is 14.3. The molecular formula is C20H23Cl3FNO3S2. The highest BCUT2D eigenvalue weighted by molar-refractivity contribution is 8.13. The van der Waals surface area contributed by atoms with E-state index in [2.05, 4.69) is 12.8 Å². The van der Waals surface area contributed by atoms with Crippen LogP contribution in [0, 0.1) is 18.7 Å². The van der Waals surface area contributed by atoms with Gasteiger partial charge in [-0.05, 0) is 55.3 Å². The first-order valence-corrected chi connectivity index (χ1v) is 13.2. The lowest BCUT2D eigenvalue weighted by Gasteiger charge is -2.24. The lowest BCUT2D eigenvalue weighted by molar-refractivity contribution is 0.604. The van der Waals surface area contributed by atoms with Crippen LogP contribution in [0.3, 0.4) is 0 Å². The molecule has 0 aliphatic heterocycles. The van der Waals surface area contributed by atoms with Crippen LogP contribution in [0.5, 0.6) is 0 Å². The van der Waals surface area contributed by atoms with Crippen molar-refractivity contribution < 1.29 is 17.0 Å². The van der Waals surface area contributed by atoms with Gasteiger partial charge in [0.05, 0.1) is 16.3 Å². The quantitative estimate of drug-likeness (QED) is 0.236. The zero-order valence-corrected chi connectivity index (χ0v) is 20.4. The van der Waals surface area contributed by atoms with Crippen molar-refractivity contribution >= 4 is 59.6 Å². The molecule has 0 amide bonds. The number of benzene rings is 2. The Hall–Kier alpha value is -1.30. The molecule has 0 saturated heterocycles. The van der Waals surface area contributed by atoms with Crippen LogP contribution in [0.1, 0.15) is 26.7 Å². The van der Waals surface area contributed by atoms with Gasteiger partial charge in [0.15, 0.2) is 11.0 Å². The molecule has 1 atom stereocenters.